The zero-order valence-corrected chi connectivity index (χ0v) is 17.7. The molecule has 0 aliphatic carbocycles. The highest BCUT2D eigenvalue weighted by molar-refractivity contribution is 6.38. The van der Waals surface area contributed by atoms with Gasteiger partial charge in [0.2, 0.25) is 0 Å². The standard InChI is InChI=1S/C30H19NO2/c32-29-25-19-22-15-7-8-17-24(22)27(21-13-5-2-6-14-21)28(25)30(33)31(29)26-18-10-9-16-23(26)20-11-3-1-4-12-20/h1-19H. The smallest absolute Gasteiger partial charge is 0.266 e. The molecular formula is C30H19NO2. The van der Waals surface area contributed by atoms with Gasteiger partial charge < -0.3 is 0 Å². The number of carbonyl (C=O) groups is 2. The van der Waals surface area contributed by atoms with Crippen LogP contribution in [0.3, 0.4) is 0 Å². The number of imide groups is 1. The van der Waals surface area contributed by atoms with Crippen molar-refractivity contribution in [3.05, 3.63) is 126 Å². The fourth-order valence-corrected chi connectivity index (χ4v) is 4.72. The molecule has 0 saturated carbocycles. The number of hydrogen-bond donors (Lipinski definition) is 0. The Balaban J connectivity index is 1.61. The Kier molecular flexibility index (Phi) is 4.41. The number of benzene rings is 5. The molecule has 0 atom stereocenters. The van der Waals surface area contributed by atoms with Crippen LogP contribution in [-0.2, 0) is 0 Å². The normalized spacial score (nSPS) is 12.9. The molecule has 6 rings (SSSR count). The van der Waals surface area contributed by atoms with Crippen LogP contribution in [0.5, 0.6) is 0 Å². The maximum atomic E-state index is 13.9. The summed E-state index contributed by atoms with van der Waals surface area (Å²) < 4.78 is 0. The van der Waals surface area contributed by atoms with Gasteiger partial charge in [-0.2, -0.15) is 0 Å². The average molecular weight is 425 g/mol. The molecule has 1 heterocycles. The van der Waals surface area contributed by atoms with Crippen LogP contribution < -0.4 is 4.90 Å². The third-order valence-corrected chi connectivity index (χ3v) is 6.19. The Bertz CT molecular complexity index is 1540. The molecule has 0 fully saturated rings. The Morgan fingerprint density at radius 2 is 1.09 bits per heavy atom. The van der Waals surface area contributed by atoms with Crippen molar-refractivity contribution in [2.24, 2.45) is 0 Å². The van der Waals surface area contributed by atoms with Gasteiger partial charge in [-0.05, 0) is 34.0 Å². The molecule has 1 aliphatic heterocycles. The molecule has 5 aromatic rings. The van der Waals surface area contributed by atoms with E-state index in [1.807, 2.05) is 115 Å². The summed E-state index contributed by atoms with van der Waals surface area (Å²) in [6, 6.07) is 37.0. The van der Waals surface area contributed by atoms with E-state index in [4.69, 9.17) is 0 Å². The Morgan fingerprint density at radius 1 is 0.485 bits per heavy atom. The minimum absolute atomic E-state index is 0.289. The van der Waals surface area contributed by atoms with Crippen molar-refractivity contribution in [3.8, 4) is 22.3 Å². The third kappa shape index (κ3) is 2.98. The van der Waals surface area contributed by atoms with Crippen LogP contribution in [0.25, 0.3) is 33.0 Å². The molecule has 0 radical (unpaired) electrons. The lowest BCUT2D eigenvalue weighted by molar-refractivity contribution is 0.0926. The summed E-state index contributed by atoms with van der Waals surface area (Å²) in [7, 11) is 0. The summed E-state index contributed by atoms with van der Waals surface area (Å²) in [6.07, 6.45) is 0. The molecular weight excluding hydrogens is 406 g/mol. The Morgan fingerprint density at radius 3 is 1.85 bits per heavy atom. The van der Waals surface area contributed by atoms with Crippen molar-refractivity contribution in [3.63, 3.8) is 0 Å². The second-order valence-corrected chi connectivity index (χ2v) is 8.09. The van der Waals surface area contributed by atoms with Crippen LogP contribution in [-0.4, -0.2) is 11.8 Å². The van der Waals surface area contributed by atoms with E-state index in [9.17, 15) is 9.59 Å². The third-order valence-electron chi connectivity index (χ3n) is 6.19. The first-order chi connectivity index (χ1) is 16.2. The number of anilines is 1. The maximum absolute atomic E-state index is 13.9. The SMILES string of the molecule is O=C1c2cc3ccccc3c(-c3ccccc3)c2C(=O)N1c1ccccc1-c1ccccc1. The number of hydrogen-bond acceptors (Lipinski definition) is 2. The Labute approximate surface area is 191 Å². The van der Waals surface area contributed by atoms with Gasteiger partial charge in [-0.15, -0.1) is 0 Å². The van der Waals surface area contributed by atoms with Crippen LogP contribution in [0.1, 0.15) is 20.7 Å². The van der Waals surface area contributed by atoms with Gasteiger partial charge in [0, 0.05) is 11.1 Å². The predicted molar refractivity (Wildman–Crippen MR) is 132 cm³/mol. The van der Waals surface area contributed by atoms with Gasteiger partial charge in [-0.1, -0.05) is 103 Å². The summed E-state index contributed by atoms with van der Waals surface area (Å²) in [4.78, 5) is 29.0. The van der Waals surface area contributed by atoms with Crippen molar-refractivity contribution < 1.29 is 9.59 Å². The van der Waals surface area contributed by atoms with E-state index >= 15 is 0 Å². The van der Waals surface area contributed by atoms with Crippen LogP contribution in [0, 0.1) is 0 Å². The largest absolute Gasteiger partial charge is 0.268 e. The van der Waals surface area contributed by atoms with Gasteiger partial charge >= 0.3 is 0 Å². The van der Waals surface area contributed by atoms with Crippen molar-refractivity contribution in [2.45, 2.75) is 0 Å². The van der Waals surface area contributed by atoms with Gasteiger partial charge in [0.15, 0.2) is 0 Å². The highest BCUT2D eigenvalue weighted by Gasteiger charge is 2.40. The second kappa shape index (κ2) is 7.57. The fraction of sp³-hybridized carbons (Fsp3) is 0. The summed E-state index contributed by atoms with van der Waals surface area (Å²) in [5.41, 5.74) is 5.04. The van der Waals surface area contributed by atoms with Crippen molar-refractivity contribution in [1.82, 2.24) is 0 Å². The lowest BCUT2D eigenvalue weighted by atomic mass is 9.90. The quantitative estimate of drug-likeness (QED) is 0.293. The van der Waals surface area contributed by atoms with Gasteiger partial charge in [0.1, 0.15) is 0 Å². The first kappa shape index (κ1) is 19.2. The topological polar surface area (TPSA) is 37.4 Å². The van der Waals surface area contributed by atoms with Crippen molar-refractivity contribution >= 4 is 28.3 Å². The molecule has 3 heteroatoms. The first-order valence-electron chi connectivity index (χ1n) is 10.9. The monoisotopic (exact) mass is 425 g/mol. The zero-order chi connectivity index (χ0) is 22.4. The first-order valence-corrected chi connectivity index (χ1v) is 10.9. The van der Waals surface area contributed by atoms with Crippen molar-refractivity contribution in [2.75, 3.05) is 4.90 Å². The van der Waals surface area contributed by atoms with Crippen LogP contribution in [0.4, 0.5) is 5.69 Å². The molecule has 0 saturated heterocycles. The van der Waals surface area contributed by atoms with E-state index in [-0.39, 0.29) is 11.8 Å². The molecule has 0 aromatic heterocycles. The highest BCUT2D eigenvalue weighted by Crippen LogP contribution is 2.42. The van der Waals surface area contributed by atoms with E-state index in [1.54, 1.807) is 0 Å². The highest BCUT2D eigenvalue weighted by atomic mass is 16.2. The van der Waals surface area contributed by atoms with E-state index in [1.165, 1.54) is 4.90 Å². The van der Waals surface area contributed by atoms with Gasteiger partial charge in [-0.25, -0.2) is 4.90 Å². The summed E-state index contributed by atoms with van der Waals surface area (Å²) in [5, 5.41) is 1.90. The second-order valence-electron chi connectivity index (χ2n) is 8.09. The lowest BCUT2D eigenvalue weighted by Crippen LogP contribution is -2.30. The van der Waals surface area contributed by atoms with E-state index in [0.717, 1.165) is 33.0 Å². The number of rotatable bonds is 3. The molecule has 0 unspecified atom stereocenters. The number of nitrogens with zero attached hydrogens (tertiary/aromatic N) is 1. The molecule has 1 aliphatic rings. The van der Waals surface area contributed by atoms with E-state index in [2.05, 4.69) is 0 Å². The molecule has 2 amide bonds. The number of para-hydroxylation sites is 1. The van der Waals surface area contributed by atoms with E-state index in [0.29, 0.717) is 16.8 Å². The van der Waals surface area contributed by atoms with Crippen LogP contribution >= 0.6 is 0 Å². The summed E-state index contributed by atoms with van der Waals surface area (Å²) >= 11 is 0. The lowest BCUT2D eigenvalue weighted by Gasteiger charge is -2.18. The average Bonchev–Trinajstić information content (AvgIpc) is 3.13. The number of fused-ring (bicyclic) bond motifs is 2. The molecule has 156 valence electrons. The van der Waals surface area contributed by atoms with Gasteiger partial charge in [0.05, 0.1) is 16.8 Å². The van der Waals surface area contributed by atoms with Crippen LogP contribution in [0.15, 0.2) is 115 Å². The van der Waals surface area contributed by atoms with Crippen molar-refractivity contribution in [1.29, 1.82) is 0 Å². The zero-order valence-electron chi connectivity index (χ0n) is 17.7. The fourth-order valence-electron chi connectivity index (χ4n) is 4.72. The summed E-state index contributed by atoms with van der Waals surface area (Å²) in [5.74, 6) is -0.579. The van der Waals surface area contributed by atoms with Crippen LogP contribution in [0.2, 0.25) is 0 Å². The van der Waals surface area contributed by atoms with E-state index < -0.39 is 0 Å². The minimum Gasteiger partial charge on any atom is -0.268 e. The molecule has 0 N–H and O–H groups in total. The molecule has 33 heavy (non-hydrogen) atoms. The molecule has 0 bridgehead atoms. The molecule has 0 spiro atoms. The predicted octanol–water partition coefficient (Wildman–Crippen LogP) is 6.97. The molecule has 5 aromatic carbocycles. The van der Waals surface area contributed by atoms with Gasteiger partial charge in [-0.3, -0.25) is 9.59 Å². The van der Waals surface area contributed by atoms with Gasteiger partial charge in [0.25, 0.3) is 11.8 Å². The molecule has 3 nitrogen and oxygen atoms in total. The number of amides is 2. The maximum Gasteiger partial charge on any atom is 0.266 e. The number of carbonyl (C=O) groups excluding carboxylic acids is 2. The minimum atomic E-state index is -0.290. The Hall–Kier alpha value is -4.50. The summed E-state index contributed by atoms with van der Waals surface area (Å²) in [6.45, 7) is 0.